The van der Waals surface area contributed by atoms with Gasteiger partial charge in [-0.2, -0.15) is 5.10 Å². The third-order valence-electron chi connectivity index (χ3n) is 3.83. The number of para-hydroxylation sites is 1. The lowest BCUT2D eigenvalue weighted by atomic mass is 10.1. The van der Waals surface area contributed by atoms with Gasteiger partial charge >= 0.3 is 0 Å². The number of hydrogen-bond donors (Lipinski definition) is 2. The zero-order valence-electron chi connectivity index (χ0n) is 14.3. The molecular formula is C20H21N3O2. The number of aliphatic hydroxyl groups is 1. The highest BCUT2D eigenvalue weighted by Crippen LogP contribution is 2.24. The van der Waals surface area contributed by atoms with Crippen LogP contribution in [0.4, 0.5) is 0 Å². The molecule has 1 amide bonds. The Bertz CT molecular complexity index is 870. The molecule has 0 saturated carbocycles. The summed E-state index contributed by atoms with van der Waals surface area (Å²) in [5.41, 5.74) is 3.97. The molecule has 5 nitrogen and oxygen atoms in total. The van der Waals surface area contributed by atoms with E-state index < -0.39 is 6.10 Å². The molecule has 1 unspecified atom stereocenters. The number of nitrogens with zero attached hydrogens (tertiary/aromatic N) is 2. The number of rotatable bonds is 5. The van der Waals surface area contributed by atoms with E-state index in [-0.39, 0.29) is 12.5 Å². The van der Waals surface area contributed by atoms with Crippen LogP contribution in [0.3, 0.4) is 0 Å². The highest BCUT2D eigenvalue weighted by molar-refractivity contribution is 6.00. The van der Waals surface area contributed by atoms with E-state index in [1.165, 1.54) is 0 Å². The van der Waals surface area contributed by atoms with Gasteiger partial charge in [0.2, 0.25) is 0 Å². The van der Waals surface area contributed by atoms with Gasteiger partial charge in [0.1, 0.15) is 5.69 Å². The summed E-state index contributed by atoms with van der Waals surface area (Å²) in [6.07, 6.45) is 1.13. The highest BCUT2D eigenvalue weighted by Gasteiger charge is 2.19. The third kappa shape index (κ3) is 3.95. The van der Waals surface area contributed by atoms with Crippen molar-refractivity contribution in [2.75, 3.05) is 6.54 Å². The summed E-state index contributed by atoms with van der Waals surface area (Å²) >= 11 is 0. The van der Waals surface area contributed by atoms with E-state index in [4.69, 9.17) is 0 Å². The molecule has 0 bridgehead atoms. The highest BCUT2D eigenvalue weighted by atomic mass is 16.3. The van der Waals surface area contributed by atoms with Gasteiger partial charge in [-0.15, -0.1) is 0 Å². The molecule has 0 aliphatic heterocycles. The predicted molar refractivity (Wildman–Crippen MR) is 97.8 cm³/mol. The third-order valence-corrected chi connectivity index (χ3v) is 3.83. The normalized spacial score (nSPS) is 12.0. The number of carbonyl (C=O) groups excluding carboxylic acids is 1. The van der Waals surface area contributed by atoms with Crippen molar-refractivity contribution in [2.45, 2.75) is 20.0 Å². The van der Waals surface area contributed by atoms with Crippen molar-refractivity contribution < 1.29 is 9.90 Å². The number of nitrogens with one attached hydrogen (secondary N) is 1. The molecule has 5 heteroatoms. The summed E-state index contributed by atoms with van der Waals surface area (Å²) in [4.78, 5) is 12.6. The molecule has 3 aromatic rings. The molecule has 0 aliphatic rings. The zero-order valence-corrected chi connectivity index (χ0v) is 14.3. The van der Waals surface area contributed by atoms with E-state index in [1.807, 2.05) is 61.5 Å². The lowest BCUT2D eigenvalue weighted by Crippen LogP contribution is -2.30. The summed E-state index contributed by atoms with van der Waals surface area (Å²) in [6, 6.07) is 17.6. The summed E-state index contributed by atoms with van der Waals surface area (Å²) in [5, 5.41) is 16.8. The molecule has 3 rings (SSSR count). The van der Waals surface area contributed by atoms with Crippen molar-refractivity contribution in [3.63, 3.8) is 0 Å². The zero-order chi connectivity index (χ0) is 17.8. The van der Waals surface area contributed by atoms with Gasteiger partial charge < -0.3 is 10.4 Å². The monoisotopic (exact) mass is 335 g/mol. The number of aryl methyl sites for hydroxylation is 1. The fourth-order valence-electron chi connectivity index (χ4n) is 2.59. The lowest BCUT2D eigenvalue weighted by molar-refractivity contribution is 0.0924. The smallest absolute Gasteiger partial charge is 0.255 e. The van der Waals surface area contributed by atoms with Gasteiger partial charge in [-0.25, -0.2) is 4.68 Å². The molecule has 0 saturated heterocycles. The van der Waals surface area contributed by atoms with Crippen LogP contribution in [-0.2, 0) is 0 Å². The van der Waals surface area contributed by atoms with Gasteiger partial charge in [0.05, 0.1) is 17.4 Å². The van der Waals surface area contributed by atoms with Gasteiger partial charge in [-0.05, 0) is 32.0 Å². The topological polar surface area (TPSA) is 67.2 Å². The predicted octanol–water partition coefficient (Wildman–Crippen LogP) is 2.96. The van der Waals surface area contributed by atoms with E-state index in [0.29, 0.717) is 11.3 Å². The van der Waals surface area contributed by atoms with Crippen molar-refractivity contribution in [2.24, 2.45) is 0 Å². The van der Waals surface area contributed by atoms with Gasteiger partial charge in [0.25, 0.3) is 5.91 Å². The maximum Gasteiger partial charge on any atom is 0.255 e. The van der Waals surface area contributed by atoms with Crippen LogP contribution in [0.15, 0.2) is 60.8 Å². The quantitative estimate of drug-likeness (QED) is 0.753. The maximum absolute atomic E-state index is 12.6. The molecule has 1 atom stereocenters. The Labute approximate surface area is 146 Å². The Balaban J connectivity index is 2.05. The SMILES string of the molecule is Cc1cccc(-c2nn(-c3ccccc3)cc2C(=O)NCC(C)O)c1. The van der Waals surface area contributed by atoms with Crippen LogP contribution in [0, 0.1) is 6.92 Å². The molecule has 1 heterocycles. The number of hydrogen-bond acceptors (Lipinski definition) is 3. The Kier molecular flexibility index (Phi) is 4.95. The first-order valence-electron chi connectivity index (χ1n) is 8.23. The molecule has 0 radical (unpaired) electrons. The first-order valence-corrected chi connectivity index (χ1v) is 8.23. The standard InChI is InChI=1S/C20H21N3O2/c1-14-7-6-8-16(11-14)19-18(20(25)21-12-15(2)24)13-23(22-19)17-9-4-3-5-10-17/h3-11,13,15,24H,12H2,1-2H3,(H,21,25). The van der Waals surface area contributed by atoms with Gasteiger partial charge in [-0.1, -0.05) is 42.0 Å². The van der Waals surface area contributed by atoms with E-state index in [0.717, 1.165) is 16.8 Å². The van der Waals surface area contributed by atoms with Crippen molar-refractivity contribution in [1.29, 1.82) is 0 Å². The Hall–Kier alpha value is -2.92. The number of aliphatic hydroxyl groups excluding tert-OH is 1. The van der Waals surface area contributed by atoms with Crippen molar-refractivity contribution in [3.05, 3.63) is 71.9 Å². The summed E-state index contributed by atoms with van der Waals surface area (Å²) in [6.45, 7) is 3.84. The molecule has 128 valence electrons. The van der Waals surface area contributed by atoms with Crippen LogP contribution < -0.4 is 5.32 Å². The van der Waals surface area contributed by atoms with Gasteiger partial charge in [0, 0.05) is 18.3 Å². The Morgan fingerprint density at radius 3 is 2.64 bits per heavy atom. The van der Waals surface area contributed by atoms with Crippen molar-refractivity contribution in [3.8, 4) is 16.9 Å². The number of amides is 1. The minimum atomic E-state index is -0.601. The van der Waals surface area contributed by atoms with Gasteiger partial charge in [0.15, 0.2) is 0 Å². The summed E-state index contributed by atoms with van der Waals surface area (Å²) in [5.74, 6) is -0.250. The van der Waals surface area contributed by atoms with E-state index in [9.17, 15) is 9.90 Å². The van der Waals surface area contributed by atoms with E-state index in [2.05, 4.69) is 10.4 Å². The van der Waals surface area contributed by atoms with E-state index in [1.54, 1.807) is 17.8 Å². The van der Waals surface area contributed by atoms with Crippen molar-refractivity contribution in [1.82, 2.24) is 15.1 Å². The molecule has 2 N–H and O–H groups in total. The largest absolute Gasteiger partial charge is 0.392 e. The number of benzene rings is 2. The molecule has 1 aromatic heterocycles. The average molecular weight is 335 g/mol. The molecule has 25 heavy (non-hydrogen) atoms. The van der Waals surface area contributed by atoms with Crippen LogP contribution in [0.5, 0.6) is 0 Å². The van der Waals surface area contributed by atoms with Crippen LogP contribution >= 0.6 is 0 Å². The maximum atomic E-state index is 12.6. The molecule has 0 spiro atoms. The summed E-state index contributed by atoms with van der Waals surface area (Å²) < 4.78 is 1.70. The van der Waals surface area contributed by atoms with Crippen LogP contribution in [0.2, 0.25) is 0 Å². The second-order valence-corrected chi connectivity index (χ2v) is 6.10. The molecule has 0 fully saturated rings. The number of carbonyl (C=O) groups is 1. The fourth-order valence-corrected chi connectivity index (χ4v) is 2.59. The first-order chi connectivity index (χ1) is 12.0. The van der Waals surface area contributed by atoms with Crippen LogP contribution in [0.1, 0.15) is 22.8 Å². The van der Waals surface area contributed by atoms with E-state index >= 15 is 0 Å². The second-order valence-electron chi connectivity index (χ2n) is 6.10. The average Bonchev–Trinajstić information content (AvgIpc) is 3.06. The fraction of sp³-hybridized carbons (Fsp3) is 0.200. The molecule has 0 aliphatic carbocycles. The molecular weight excluding hydrogens is 314 g/mol. The van der Waals surface area contributed by atoms with Crippen LogP contribution in [-0.4, -0.2) is 33.4 Å². The second kappa shape index (κ2) is 7.32. The Morgan fingerprint density at radius 1 is 1.20 bits per heavy atom. The van der Waals surface area contributed by atoms with Crippen LogP contribution in [0.25, 0.3) is 16.9 Å². The Morgan fingerprint density at radius 2 is 1.96 bits per heavy atom. The minimum absolute atomic E-state index is 0.197. The minimum Gasteiger partial charge on any atom is -0.392 e. The van der Waals surface area contributed by atoms with Crippen molar-refractivity contribution >= 4 is 5.91 Å². The number of aromatic nitrogens is 2. The van der Waals surface area contributed by atoms with Gasteiger partial charge in [-0.3, -0.25) is 4.79 Å². The molecule has 2 aromatic carbocycles. The lowest BCUT2D eigenvalue weighted by Gasteiger charge is -2.07. The first kappa shape index (κ1) is 16.9. The summed E-state index contributed by atoms with van der Waals surface area (Å²) in [7, 11) is 0.